The van der Waals surface area contributed by atoms with Crippen molar-refractivity contribution in [2.75, 3.05) is 34.4 Å². The molecule has 4 rings (SSSR count). The largest absolute Gasteiger partial charge is 0.496 e. The molecule has 0 amide bonds. The maximum Gasteiger partial charge on any atom is 0.328 e. The van der Waals surface area contributed by atoms with Gasteiger partial charge in [-0.2, -0.15) is 4.31 Å². The summed E-state index contributed by atoms with van der Waals surface area (Å²) in [6.45, 7) is 4.35. The topological polar surface area (TPSA) is 125 Å². The van der Waals surface area contributed by atoms with E-state index in [-0.39, 0.29) is 29.3 Å². The van der Waals surface area contributed by atoms with Crippen LogP contribution in [0.3, 0.4) is 0 Å². The molecular formula is C34H42N2O7S. The van der Waals surface area contributed by atoms with Gasteiger partial charge in [-0.3, -0.25) is 0 Å². The lowest BCUT2D eigenvalue weighted by Gasteiger charge is -2.31. The molecule has 44 heavy (non-hydrogen) atoms. The van der Waals surface area contributed by atoms with E-state index in [9.17, 15) is 18.3 Å². The summed E-state index contributed by atoms with van der Waals surface area (Å²) in [6.07, 6.45) is 4.52. The van der Waals surface area contributed by atoms with Crippen LogP contribution in [-0.2, 0) is 27.7 Å². The minimum Gasteiger partial charge on any atom is -0.496 e. The molecule has 0 radical (unpaired) electrons. The fraction of sp³-hybridized carbons (Fsp3) is 0.382. The minimum atomic E-state index is -4.05. The maximum absolute atomic E-state index is 13.7. The number of rotatable bonds is 14. The number of β-amino-alcohol motifs (C(OH)–C–C–N with tert-alkyl or cyclic N) is 1. The van der Waals surface area contributed by atoms with Gasteiger partial charge in [-0.1, -0.05) is 36.4 Å². The highest BCUT2D eigenvalue weighted by Crippen LogP contribution is 2.34. The average molecular weight is 623 g/mol. The second-order valence-corrected chi connectivity index (χ2v) is 14.0. The Hall–Kier alpha value is -3.70. The van der Waals surface area contributed by atoms with E-state index in [0.29, 0.717) is 28.4 Å². The van der Waals surface area contributed by atoms with Crippen LogP contribution in [0.1, 0.15) is 37.0 Å². The molecule has 0 spiro atoms. The van der Waals surface area contributed by atoms with E-state index in [4.69, 9.17) is 14.6 Å². The van der Waals surface area contributed by atoms with Crippen molar-refractivity contribution in [1.82, 2.24) is 9.62 Å². The third kappa shape index (κ3) is 8.06. The van der Waals surface area contributed by atoms with Crippen LogP contribution in [0.4, 0.5) is 0 Å². The van der Waals surface area contributed by atoms with Crippen LogP contribution in [0.5, 0.6) is 11.5 Å². The molecule has 0 fully saturated rings. The van der Waals surface area contributed by atoms with Gasteiger partial charge < -0.3 is 25.0 Å². The molecular weight excluding hydrogens is 580 g/mol. The number of aliphatic carboxylic acids is 1. The van der Waals surface area contributed by atoms with Crippen molar-refractivity contribution in [3.05, 3.63) is 83.4 Å². The Balaban J connectivity index is 1.45. The van der Waals surface area contributed by atoms with E-state index < -0.39 is 22.1 Å². The van der Waals surface area contributed by atoms with Gasteiger partial charge in [-0.05, 0) is 91.6 Å². The first-order valence-electron chi connectivity index (χ1n) is 14.6. The summed E-state index contributed by atoms with van der Waals surface area (Å²) in [4.78, 5) is 11.0. The van der Waals surface area contributed by atoms with Gasteiger partial charge in [0.2, 0.25) is 10.0 Å². The lowest BCUT2D eigenvalue weighted by atomic mass is 9.88. The maximum atomic E-state index is 13.7. The molecule has 3 aromatic rings. The van der Waals surface area contributed by atoms with E-state index in [2.05, 4.69) is 43.4 Å². The number of hydrogen-bond donors (Lipinski definition) is 3. The van der Waals surface area contributed by atoms with Crippen LogP contribution in [-0.4, -0.2) is 74.9 Å². The standard InChI is InChI=1S/C34H42N2O7S/c1-34(2,20-23-16-24-8-6-7-9-25(24)17-23)35-21-29(37)22-36(3)44(40,41)32-19-27(11-14-31(32)43-5)26-10-13-30(42-4)28(18-26)12-15-33(38)39/h6-15,18-19,23,29,35,37H,16-17,20-22H2,1-5H3,(H,38,39)/b15-12+/t29-/m1/s1. The first kappa shape index (κ1) is 33.2. The first-order chi connectivity index (χ1) is 20.8. The highest BCUT2D eigenvalue weighted by atomic mass is 32.2. The number of methoxy groups -OCH3 is 2. The second-order valence-electron chi connectivity index (χ2n) is 11.9. The SMILES string of the molecule is COc1ccc(-c2ccc(OC)c(S(=O)(=O)N(C)C[C@H](O)CNC(C)(C)CC3Cc4ccccc4C3)c2)cc1/C=C/C(=O)O. The van der Waals surface area contributed by atoms with Gasteiger partial charge in [-0.15, -0.1) is 0 Å². The number of benzene rings is 3. The van der Waals surface area contributed by atoms with E-state index in [0.717, 1.165) is 29.6 Å². The first-order valence-corrected chi connectivity index (χ1v) is 16.0. The highest BCUT2D eigenvalue weighted by molar-refractivity contribution is 7.89. The molecule has 0 saturated carbocycles. The Morgan fingerprint density at radius 1 is 1.02 bits per heavy atom. The summed E-state index contributed by atoms with van der Waals surface area (Å²) in [7, 11) is 0.277. The molecule has 0 aromatic heterocycles. The molecule has 1 aliphatic carbocycles. The molecule has 1 atom stereocenters. The average Bonchev–Trinajstić information content (AvgIpc) is 3.40. The summed E-state index contributed by atoms with van der Waals surface area (Å²) in [5.41, 5.74) is 4.35. The van der Waals surface area contributed by atoms with E-state index in [1.807, 2.05) is 0 Å². The smallest absolute Gasteiger partial charge is 0.328 e. The molecule has 0 bridgehead atoms. The van der Waals surface area contributed by atoms with Crippen molar-refractivity contribution >= 4 is 22.1 Å². The predicted molar refractivity (Wildman–Crippen MR) is 172 cm³/mol. The van der Waals surface area contributed by atoms with Crippen LogP contribution >= 0.6 is 0 Å². The molecule has 3 aromatic carbocycles. The number of ether oxygens (including phenoxy) is 2. The third-order valence-corrected chi connectivity index (χ3v) is 9.88. The second kappa shape index (κ2) is 13.9. The number of carbonyl (C=O) groups is 1. The van der Waals surface area contributed by atoms with Gasteiger partial charge in [0.05, 0.1) is 20.3 Å². The number of nitrogens with one attached hydrogen (secondary N) is 1. The van der Waals surface area contributed by atoms with Crippen LogP contribution in [0.2, 0.25) is 0 Å². The lowest BCUT2D eigenvalue weighted by Crippen LogP contribution is -2.47. The van der Waals surface area contributed by atoms with Crippen molar-refractivity contribution in [2.24, 2.45) is 5.92 Å². The van der Waals surface area contributed by atoms with Crippen LogP contribution in [0.25, 0.3) is 17.2 Å². The van der Waals surface area contributed by atoms with Crippen molar-refractivity contribution in [3.63, 3.8) is 0 Å². The zero-order valence-corrected chi connectivity index (χ0v) is 26.7. The normalized spacial score (nSPS) is 14.6. The van der Waals surface area contributed by atoms with Gasteiger partial charge in [0.15, 0.2) is 0 Å². The number of fused-ring (bicyclic) bond motifs is 1. The Morgan fingerprint density at radius 2 is 1.61 bits per heavy atom. The van der Waals surface area contributed by atoms with E-state index in [1.165, 1.54) is 44.5 Å². The molecule has 3 N–H and O–H groups in total. The number of carboxylic acid groups (broad SMARTS) is 1. The van der Waals surface area contributed by atoms with Gasteiger partial charge in [0, 0.05) is 37.3 Å². The number of aliphatic hydroxyl groups is 1. The summed E-state index contributed by atoms with van der Waals surface area (Å²) in [5.74, 6) is 0.0711. The Bertz CT molecular complexity index is 1590. The summed E-state index contributed by atoms with van der Waals surface area (Å²) >= 11 is 0. The fourth-order valence-electron chi connectivity index (χ4n) is 5.87. The quantitative estimate of drug-likeness (QED) is 0.223. The van der Waals surface area contributed by atoms with Gasteiger partial charge in [0.1, 0.15) is 16.4 Å². The third-order valence-electron chi connectivity index (χ3n) is 8.04. The predicted octanol–water partition coefficient (Wildman–Crippen LogP) is 4.62. The molecule has 1 aliphatic rings. The molecule has 0 unspecified atom stereocenters. The van der Waals surface area contributed by atoms with Crippen molar-refractivity contribution in [1.29, 1.82) is 0 Å². The van der Waals surface area contributed by atoms with Crippen molar-refractivity contribution in [2.45, 2.75) is 49.6 Å². The molecule has 236 valence electrons. The summed E-state index contributed by atoms with van der Waals surface area (Å²) in [6, 6.07) is 18.5. The number of carboxylic acids is 1. The summed E-state index contributed by atoms with van der Waals surface area (Å²) in [5, 5.41) is 23.4. The lowest BCUT2D eigenvalue weighted by molar-refractivity contribution is -0.131. The van der Waals surface area contributed by atoms with Gasteiger partial charge in [0.25, 0.3) is 0 Å². The zero-order valence-electron chi connectivity index (χ0n) is 25.9. The van der Waals surface area contributed by atoms with E-state index >= 15 is 0 Å². The highest BCUT2D eigenvalue weighted by Gasteiger charge is 2.30. The molecule has 0 aliphatic heterocycles. The van der Waals surface area contributed by atoms with Crippen molar-refractivity contribution in [3.8, 4) is 22.6 Å². The number of likely N-dealkylation sites (N-methyl/N-ethyl adjacent to an activating group) is 1. The molecule has 10 heteroatoms. The Morgan fingerprint density at radius 3 is 2.20 bits per heavy atom. The molecule has 0 heterocycles. The molecule has 0 saturated heterocycles. The minimum absolute atomic E-state index is 0.0419. The summed E-state index contributed by atoms with van der Waals surface area (Å²) < 4.78 is 39.3. The fourth-order valence-corrected chi connectivity index (χ4v) is 7.26. The molecule has 9 nitrogen and oxygen atoms in total. The Kier molecular flexibility index (Phi) is 10.5. The zero-order chi connectivity index (χ0) is 32.1. The Labute approximate surface area is 260 Å². The monoisotopic (exact) mass is 622 g/mol. The van der Waals surface area contributed by atoms with Crippen LogP contribution in [0, 0.1) is 5.92 Å². The van der Waals surface area contributed by atoms with Crippen LogP contribution in [0.15, 0.2) is 71.6 Å². The number of aliphatic hydroxyl groups excluding tert-OH is 1. The van der Waals surface area contributed by atoms with Gasteiger partial charge in [-0.25, -0.2) is 13.2 Å². The van der Waals surface area contributed by atoms with E-state index in [1.54, 1.807) is 30.3 Å². The van der Waals surface area contributed by atoms with Crippen molar-refractivity contribution < 1.29 is 32.9 Å². The number of hydrogen-bond acceptors (Lipinski definition) is 7. The van der Waals surface area contributed by atoms with Crippen LogP contribution < -0.4 is 14.8 Å². The number of sulfonamides is 1. The van der Waals surface area contributed by atoms with Gasteiger partial charge >= 0.3 is 5.97 Å². The number of nitrogens with zero attached hydrogens (tertiary/aromatic N) is 1.